The van der Waals surface area contributed by atoms with Crippen molar-refractivity contribution in [2.45, 2.75) is 39.5 Å². The Morgan fingerprint density at radius 1 is 1.27 bits per heavy atom. The van der Waals surface area contributed by atoms with Crippen molar-refractivity contribution in [1.29, 1.82) is 0 Å². The average Bonchev–Trinajstić information content (AvgIpc) is 3.23. The topological polar surface area (TPSA) is 63.8 Å². The number of hydrogen-bond acceptors (Lipinski definition) is 4. The van der Waals surface area contributed by atoms with Crippen LogP contribution in [0.5, 0.6) is 5.75 Å². The highest BCUT2D eigenvalue weighted by Crippen LogP contribution is 2.38. The summed E-state index contributed by atoms with van der Waals surface area (Å²) in [5.74, 6) is -0.239. The van der Waals surface area contributed by atoms with Gasteiger partial charge in [0.25, 0.3) is 0 Å². The molecule has 0 bridgehead atoms. The fourth-order valence-corrected chi connectivity index (χ4v) is 5.78. The van der Waals surface area contributed by atoms with Gasteiger partial charge in [-0.2, -0.15) is 0 Å². The predicted octanol–water partition coefficient (Wildman–Crippen LogP) is 6.15. The number of methoxy groups -OCH3 is 1. The molecule has 0 amide bonds. The minimum absolute atomic E-state index is 0.460. The van der Waals surface area contributed by atoms with Crippen LogP contribution < -0.4 is 4.74 Å². The number of aromatic carboxylic acids is 1. The summed E-state index contributed by atoms with van der Waals surface area (Å²) in [5, 5.41) is 11.2. The summed E-state index contributed by atoms with van der Waals surface area (Å²) in [6.07, 6.45) is 5.78. The van der Waals surface area contributed by atoms with Crippen LogP contribution in [-0.4, -0.2) is 29.0 Å². The van der Waals surface area contributed by atoms with Gasteiger partial charge in [-0.3, -0.25) is 4.99 Å². The summed E-state index contributed by atoms with van der Waals surface area (Å²) in [4.78, 5) is 17.9. The van der Waals surface area contributed by atoms with Gasteiger partial charge in [0.15, 0.2) is 0 Å². The molecule has 7 heteroatoms. The van der Waals surface area contributed by atoms with E-state index in [-0.39, 0.29) is 0 Å². The molecule has 0 spiro atoms. The van der Waals surface area contributed by atoms with E-state index >= 15 is 0 Å². The number of rotatable bonds is 5. The lowest BCUT2D eigenvalue weighted by Crippen LogP contribution is -2.09. The normalized spacial score (nSPS) is 13.6. The van der Waals surface area contributed by atoms with E-state index in [1.54, 1.807) is 36.8 Å². The van der Waals surface area contributed by atoms with Crippen molar-refractivity contribution in [3.8, 4) is 10.8 Å². The number of hydrogen-bond donors (Lipinski definition) is 1. The molecule has 0 unspecified atom stereocenters. The summed E-state index contributed by atoms with van der Waals surface area (Å²) in [6, 6.07) is 7.42. The number of aromatic nitrogens is 1. The van der Waals surface area contributed by atoms with E-state index < -0.39 is 5.97 Å². The molecule has 2 heterocycles. The molecule has 0 atom stereocenters. The Kier molecular flexibility index (Phi) is 5.71. The zero-order valence-corrected chi connectivity index (χ0v) is 18.7. The fraction of sp³-hybridized carbons (Fsp3) is 0.304. The molecule has 1 aliphatic rings. The number of benzene rings is 1. The van der Waals surface area contributed by atoms with Crippen LogP contribution >= 0.6 is 22.9 Å². The number of carboxylic acid groups (broad SMARTS) is 1. The minimum atomic E-state index is -0.847. The maximum absolute atomic E-state index is 12.1. The first kappa shape index (κ1) is 20.7. The first-order valence-electron chi connectivity index (χ1n) is 9.85. The smallest absolute Gasteiger partial charge is 0.339 e. The number of ether oxygens (including phenoxy) is 1. The molecular weight excluding hydrogens is 420 g/mol. The van der Waals surface area contributed by atoms with Gasteiger partial charge in [0, 0.05) is 28.0 Å². The van der Waals surface area contributed by atoms with Crippen molar-refractivity contribution in [3.05, 3.63) is 62.2 Å². The van der Waals surface area contributed by atoms with Gasteiger partial charge in [-0.25, -0.2) is 4.79 Å². The Balaban J connectivity index is 1.74. The second-order valence-corrected chi connectivity index (χ2v) is 8.93. The summed E-state index contributed by atoms with van der Waals surface area (Å²) < 4.78 is 7.23. The molecule has 30 heavy (non-hydrogen) atoms. The first-order chi connectivity index (χ1) is 14.4. The van der Waals surface area contributed by atoms with Gasteiger partial charge in [0.1, 0.15) is 10.8 Å². The van der Waals surface area contributed by atoms with Crippen molar-refractivity contribution in [2.24, 2.45) is 4.99 Å². The zero-order chi connectivity index (χ0) is 21.4. The van der Waals surface area contributed by atoms with Gasteiger partial charge in [-0.1, -0.05) is 11.6 Å². The molecule has 1 N–H and O–H groups in total. The molecule has 0 saturated heterocycles. The van der Waals surface area contributed by atoms with E-state index in [1.165, 1.54) is 4.88 Å². The molecule has 3 aromatic rings. The van der Waals surface area contributed by atoms with Crippen molar-refractivity contribution < 1.29 is 14.6 Å². The van der Waals surface area contributed by atoms with E-state index in [1.807, 2.05) is 26.0 Å². The van der Waals surface area contributed by atoms with Gasteiger partial charge in [0.2, 0.25) is 0 Å². The van der Waals surface area contributed by atoms with Crippen LogP contribution in [0.3, 0.4) is 0 Å². The quantitative estimate of drug-likeness (QED) is 0.482. The summed E-state index contributed by atoms with van der Waals surface area (Å²) >= 11 is 7.80. The van der Waals surface area contributed by atoms with Crippen molar-refractivity contribution in [2.75, 3.05) is 7.11 Å². The van der Waals surface area contributed by atoms with Gasteiger partial charge >= 0.3 is 5.97 Å². The highest BCUT2D eigenvalue weighted by molar-refractivity contribution is 7.15. The third-order valence-corrected chi connectivity index (χ3v) is 7.10. The molecule has 0 saturated carbocycles. The Bertz CT molecular complexity index is 1160. The van der Waals surface area contributed by atoms with E-state index in [0.717, 1.165) is 58.9 Å². The maximum atomic E-state index is 12.1. The SMILES string of the molecule is COc1ccc(N=Cc2cc(C)n(-c3sc4c(c3C(=O)O)CCCC4)c2C)cc1Cl. The van der Waals surface area contributed by atoms with E-state index in [9.17, 15) is 9.90 Å². The van der Waals surface area contributed by atoms with Crippen LogP contribution in [0.1, 0.15) is 50.6 Å². The number of nitrogens with zero attached hydrogens (tertiary/aromatic N) is 2. The van der Waals surface area contributed by atoms with Crippen molar-refractivity contribution in [1.82, 2.24) is 4.57 Å². The summed E-state index contributed by atoms with van der Waals surface area (Å²) in [7, 11) is 1.58. The molecule has 1 aliphatic carbocycles. The Hall–Kier alpha value is -2.57. The molecule has 1 aromatic carbocycles. The number of carboxylic acids is 1. The molecule has 0 fully saturated rings. The first-order valence-corrected chi connectivity index (χ1v) is 11.0. The predicted molar refractivity (Wildman–Crippen MR) is 122 cm³/mol. The van der Waals surface area contributed by atoms with Gasteiger partial charge in [-0.05, 0) is 69.4 Å². The summed E-state index contributed by atoms with van der Waals surface area (Å²) in [5.41, 5.74) is 5.11. The van der Waals surface area contributed by atoms with Gasteiger partial charge < -0.3 is 14.4 Å². The molecule has 4 rings (SSSR count). The standard InChI is InChI=1S/C23H23ClN2O3S/c1-13-10-15(12-25-16-8-9-19(29-3)18(24)11-16)14(2)26(13)22-21(23(27)28)17-6-4-5-7-20(17)30-22/h8-12H,4-7H2,1-3H3,(H,27,28). The minimum Gasteiger partial charge on any atom is -0.495 e. The molecule has 5 nitrogen and oxygen atoms in total. The van der Waals surface area contributed by atoms with Crippen molar-refractivity contribution in [3.63, 3.8) is 0 Å². The summed E-state index contributed by atoms with van der Waals surface area (Å²) in [6.45, 7) is 4.00. The maximum Gasteiger partial charge on any atom is 0.339 e. The Morgan fingerprint density at radius 3 is 2.73 bits per heavy atom. The number of thiophene rings is 1. The largest absolute Gasteiger partial charge is 0.495 e. The van der Waals surface area contributed by atoms with Crippen LogP contribution in [-0.2, 0) is 12.8 Å². The van der Waals surface area contributed by atoms with Crippen LogP contribution in [0.25, 0.3) is 5.00 Å². The lowest BCUT2D eigenvalue weighted by molar-refractivity contribution is 0.0696. The molecule has 0 aliphatic heterocycles. The number of carbonyl (C=O) groups is 1. The molecule has 0 radical (unpaired) electrons. The molecule has 156 valence electrons. The lowest BCUT2D eigenvalue weighted by Gasteiger charge is -2.11. The molecule has 2 aromatic heterocycles. The third-order valence-electron chi connectivity index (χ3n) is 5.53. The highest BCUT2D eigenvalue weighted by Gasteiger charge is 2.27. The van der Waals surface area contributed by atoms with Gasteiger partial charge in [-0.15, -0.1) is 11.3 Å². The zero-order valence-electron chi connectivity index (χ0n) is 17.2. The molecular formula is C23H23ClN2O3S. The van der Waals surface area contributed by atoms with E-state index in [2.05, 4.69) is 9.56 Å². The van der Waals surface area contributed by atoms with Crippen molar-refractivity contribution >= 4 is 40.8 Å². The third kappa shape index (κ3) is 3.66. The Morgan fingerprint density at radius 2 is 2.03 bits per heavy atom. The van der Waals surface area contributed by atoms with Crippen LogP contribution in [0, 0.1) is 13.8 Å². The fourth-order valence-electron chi connectivity index (χ4n) is 4.04. The van der Waals surface area contributed by atoms with Crippen LogP contribution in [0.2, 0.25) is 5.02 Å². The number of halogens is 1. The second-order valence-electron chi connectivity index (χ2n) is 7.44. The van der Waals surface area contributed by atoms with Crippen LogP contribution in [0.4, 0.5) is 5.69 Å². The monoisotopic (exact) mass is 442 g/mol. The second kappa shape index (κ2) is 8.28. The van der Waals surface area contributed by atoms with Crippen LogP contribution in [0.15, 0.2) is 29.3 Å². The number of fused-ring (bicyclic) bond motifs is 1. The highest BCUT2D eigenvalue weighted by atomic mass is 35.5. The average molecular weight is 443 g/mol. The van der Waals surface area contributed by atoms with Gasteiger partial charge in [0.05, 0.1) is 23.4 Å². The number of aliphatic imine (C=N–C) groups is 1. The lowest BCUT2D eigenvalue weighted by atomic mass is 9.95. The Labute approximate surface area is 184 Å². The number of aryl methyl sites for hydroxylation is 2. The van der Waals surface area contributed by atoms with E-state index in [0.29, 0.717) is 16.3 Å². The van der Waals surface area contributed by atoms with E-state index in [4.69, 9.17) is 16.3 Å².